The number of carbonyl (C=O) groups excluding carboxylic acids is 2. The summed E-state index contributed by atoms with van der Waals surface area (Å²) in [5, 5.41) is 1.87. The summed E-state index contributed by atoms with van der Waals surface area (Å²) >= 11 is 0. The van der Waals surface area contributed by atoms with E-state index in [4.69, 9.17) is 4.74 Å². The van der Waals surface area contributed by atoms with Crippen LogP contribution in [0.2, 0.25) is 0 Å². The Morgan fingerprint density at radius 2 is 1.82 bits per heavy atom. The molecule has 8 nitrogen and oxygen atoms in total. The lowest BCUT2D eigenvalue weighted by molar-refractivity contribution is 0.0301. The minimum atomic E-state index is -0.0627. The number of ether oxygens (including phenoxy) is 1. The van der Waals surface area contributed by atoms with Crippen LogP contribution in [0.15, 0.2) is 42.7 Å². The van der Waals surface area contributed by atoms with Crippen molar-refractivity contribution in [1.82, 2.24) is 24.8 Å². The Morgan fingerprint density at radius 3 is 2.64 bits per heavy atom. The number of amides is 2. The molecule has 0 bridgehead atoms. The molecule has 0 N–H and O–H groups in total. The van der Waals surface area contributed by atoms with Crippen LogP contribution in [0.25, 0.3) is 10.8 Å². The van der Waals surface area contributed by atoms with E-state index < -0.39 is 0 Å². The molecule has 5 rings (SSSR count). The number of piperidine rings is 1. The van der Waals surface area contributed by atoms with E-state index in [2.05, 4.69) is 15.0 Å². The highest BCUT2D eigenvalue weighted by Crippen LogP contribution is 2.27. The molecule has 170 valence electrons. The van der Waals surface area contributed by atoms with E-state index >= 15 is 0 Å². The smallest absolute Gasteiger partial charge is 0.273 e. The molecular weight excluding hydrogens is 418 g/mol. The fourth-order valence-electron chi connectivity index (χ4n) is 4.64. The second-order valence-electron chi connectivity index (χ2n) is 8.60. The lowest BCUT2D eigenvalue weighted by Gasteiger charge is -2.32. The van der Waals surface area contributed by atoms with Crippen molar-refractivity contribution in [2.24, 2.45) is 0 Å². The summed E-state index contributed by atoms with van der Waals surface area (Å²) in [7, 11) is 0. The zero-order valence-electron chi connectivity index (χ0n) is 18.7. The molecule has 8 heteroatoms. The first-order valence-electron chi connectivity index (χ1n) is 11.5. The molecule has 2 amide bonds. The van der Waals surface area contributed by atoms with Crippen LogP contribution in [-0.2, 0) is 4.74 Å². The molecule has 1 unspecified atom stereocenters. The van der Waals surface area contributed by atoms with Crippen LogP contribution in [-0.4, -0.2) is 76.0 Å². The topological polar surface area (TPSA) is 88.5 Å². The fourth-order valence-corrected chi connectivity index (χ4v) is 4.64. The molecule has 2 aromatic heterocycles. The van der Waals surface area contributed by atoms with E-state index in [1.54, 1.807) is 17.3 Å². The Hall–Kier alpha value is -3.39. The Morgan fingerprint density at radius 1 is 1.00 bits per heavy atom. The van der Waals surface area contributed by atoms with Gasteiger partial charge in [-0.15, -0.1) is 0 Å². The molecule has 2 saturated heterocycles. The highest BCUT2D eigenvalue weighted by atomic mass is 16.5. The van der Waals surface area contributed by atoms with Gasteiger partial charge in [-0.2, -0.15) is 0 Å². The molecule has 2 aliphatic heterocycles. The number of rotatable bonds is 3. The van der Waals surface area contributed by atoms with Gasteiger partial charge in [0.15, 0.2) is 0 Å². The maximum absolute atomic E-state index is 13.3. The van der Waals surface area contributed by atoms with Gasteiger partial charge in [0.2, 0.25) is 0 Å². The lowest BCUT2D eigenvalue weighted by atomic mass is 9.96. The summed E-state index contributed by atoms with van der Waals surface area (Å²) < 4.78 is 5.34. The number of hydrogen-bond acceptors (Lipinski definition) is 6. The highest BCUT2D eigenvalue weighted by Gasteiger charge is 2.29. The Bertz CT molecular complexity index is 1190. The van der Waals surface area contributed by atoms with Crippen molar-refractivity contribution in [3.05, 3.63) is 65.5 Å². The maximum Gasteiger partial charge on any atom is 0.273 e. The number of carbonyl (C=O) groups is 2. The van der Waals surface area contributed by atoms with E-state index in [9.17, 15) is 9.59 Å². The van der Waals surface area contributed by atoms with Gasteiger partial charge in [0.05, 0.1) is 24.5 Å². The number of aromatic nitrogens is 3. The van der Waals surface area contributed by atoms with Gasteiger partial charge >= 0.3 is 0 Å². The SMILES string of the molecule is Cc1nc(C2CCCN(C(=O)c3nccc4ccccc34)C2)ncc1C(=O)N1CCOCC1. The van der Waals surface area contributed by atoms with Crippen LogP contribution in [0.3, 0.4) is 0 Å². The highest BCUT2D eigenvalue weighted by molar-refractivity contribution is 6.05. The molecule has 0 aliphatic carbocycles. The summed E-state index contributed by atoms with van der Waals surface area (Å²) in [6.07, 6.45) is 5.11. The van der Waals surface area contributed by atoms with Gasteiger partial charge in [-0.25, -0.2) is 9.97 Å². The number of aryl methyl sites for hydroxylation is 1. The van der Waals surface area contributed by atoms with E-state index in [0.717, 1.165) is 23.6 Å². The maximum atomic E-state index is 13.3. The second-order valence-corrected chi connectivity index (χ2v) is 8.60. The normalized spacial score (nSPS) is 19.0. The van der Waals surface area contributed by atoms with Crippen molar-refractivity contribution < 1.29 is 14.3 Å². The number of morpholine rings is 1. The average molecular weight is 446 g/mol. The molecule has 2 fully saturated rings. The van der Waals surface area contributed by atoms with Gasteiger partial charge < -0.3 is 14.5 Å². The minimum Gasteiger partial charge on any atom is -0.378 e. The van der Waals surface area contributed by atoms with Crippen molar-refractivity contribution in [2.75, 3.05) is 39.4 Å². The number of nitrogens with zero attached hydrogens (tertiary/aromatic N) is 5. The molecule has 0 radical (unpaired) electrons. The molecule has 1 aromatic carbocycles. The van der Waals surface area contributed by atoms with Gasteiger partial charge in [-0.1, -0.05) is 24.3 Å². The first kappa shape index (κ1) is 21.5. The molecule has 0 saturated carbocycles. The standard InChI is InChI=1S/C25H27N5O3/c1-17-21(24(31)29-11-13-33-14-12-29)15-27-23(28-17)19-6-4-10-30(16-19)25(32)22-20-7-3-2-5-18(20)8-9-26-22/h2-3,5,7-9,15,19H,4,6,10-14,16H2,1H3. The summed E-state index contributed by atoms with van der Waals surface area (Å²) in [6, 6.07) is 9.73. The number of pyridine rings is 1. The first-order chi connectivity index (χ1) is 16.1. The first-order valence-corrected chi connectivity index (χ1v) is 11.5. The Labute approximate surface area is 192 Å². The van der Waals surface area contributed by atoms with Crippen molar-refractivity contribution in [1.29, 1.82) is 0 Å². The molecule has 2 aliphatic rings. The van der Waals surface area contributed by atoms with Gasteiger partial charge in [0, 0.05) is 49.9 Å². The van der Waals surface area contributed by atoms with E-state index in [1.165, 1.54) is 0 Å². The minimum absolute atomic E-state index is 0.0314. The van der Waals surface area contributed by atoms with Crippen molar-refractivity contribution >= 4 is 22.6 Å². The summed E-state index contributed by atoms with van der Waals surface area (Å²) in [4.78, 5) is 43.5. The Balaban J connectivity index is 1.34. The lowest BCUT2D eigenvalue weighted by Crippen LogP contribution is -2.41. The van der Waals surface area contributed by atoms with Crippen LogP contribution < -0.4 is 0 Å². The van der Waals surface area contributed by atoms with Gasteiger partial charge in [-0.05, 0) is 31.2 Å². The molecule has 1 atom stereocenters. The fraction of sp³-hybridized carbons (Fsp3) is 0.400. The van der Waals surface area contributed by atoms with E-state index in [1.807, 2.05) is 42.2 Å². The van der Waals surface area contributed by atoms with Gasteiger partial charge in [0.1, 0.15) is 11.5 Å². The second kappa shape index (κ2) is 9.23. The predicted octanol–water partition coefficient (Wildman–Crippen LogP) is 2.83. The van der Waals surface area contributed by atoms with Gasteiger partial charge in [-0.3, -0.25) is 14.6 Å². The molecule has 0 spiro atoms. The number of hydrogen-bond donors (Lipinski definition) is 0. The third-order valence-corrected chi connectivity index (χ3v) is 6.48. The third kappa shape index (κ3) is 4.30. The van der Waals surface area contributed by atoms with Crippen molar-refractivity contribution in [2.45, 2.75) is 25.7 Å². The predicted molar refractivity (Wildman–Crippen MR) is 123 cm³/mol. The van der Waals surface area contributed by atoms with Crippen molar-refractivity contribution in [3.8, 4) is 0 Å². The monoisotopic (exact) mass is 445 g/mol. The van der Waals surface area contributed by atoms with E-state index in [0.29, 0.717) is 62.2 Å². The largest absolute Gasteiger partial charge is 0.378 e. The molecule has 33 heavy (non-hydrogen) atoms. The number of likely N-dealkylation sites (tertiary alicyclic amines) is 1. The molecule has 4 heterocycles. The number of fused-ring (bicyclic) bond motifs is 1. The van der Waals surface area contributed by atoms with Crippen LogP contribution >= 0.6 is 0 Å². The van der Waals surface area contributed by atoms with Gasteiger partial charge in [0.25, 0.3) is 11.8 Å². The number of benzene rings is 1. The summed E-state index contributed by atoms with van der Waals surface area (Å²) in [6.45, 7) is 5.36. The summed E-state index contributed by atoms with van der Waals surface area (Å²) in [5.74, 6) is 0.607. The third-order valence-electron chi connectivity index (χ3n) is 6.48. The zero-order chi connectivity index (χ0) is 22.8. The van der Waals surface area contributed by atoms with E-state index in [-0.39, 0.29) is 17.7 Å². The summed E-state index contributed by atoms with van der Waals surface area (Å²) in [5.41, 5.74) is 1.69. The van der Waals surface area contributed by atoms with Crippen LogP contribution in [0.4, 0.5) is 0 Å². The van der Waals surface area contributed by atoms with Crippen LogP contribution in [0.1, 0.15) is 51.1 Å². The van der Waals surface area contributed by atoms with Crippen LogP contribution in [0.5, 0.6) is 0 Å². The van der Waals surface area contributed by atoms with Crippen molar-refractivity contribution in [3.63, 3.8) is 0 Å². The average Bonchev–Trinajstić information content (AvgIpc) is 2.88. The quantitative estimate of drug-likeness (QED) is 0.616. The zero-order valence-corrected chi connectivity index (χ0v) is 18.7. The molecular formula is C25H27N5O3. The molecule has 3 aromatic rings. The Kier molecular flexibility index (Phi) is 6.00. The van der Waals surface area contributed by atoms with Crippen LogP contribution in [0, 0.1) is 6.92 Å².